The summed E-state index contributed by atoms with van der Waals surface area (Å²) in [5.74, 6) is 0.0150. The van der Waals surface area contributed by atoms with Gasteiger partial charge >= 0.3 is 6.03 Å². The van der Waals surface area contributed by atoms with Gasteiger partial charge in [0.25, 0.3) is 0 Å². The van der Waals surface area contributed by atoms with E-state index in [2.05, 4.69) is 10.6 Å². The molecular formula is C14H20ClN3O2. The van der Waals surface area contributed by atoms with Crippen molar-refractivity contribution in [2.24, 2.45) is 11.7 Å². The maximum Gasteiger partial charge on any atom is 0.312 e. The fourth-order valence-electron chi connectivity index (χ4n) is 1.83. The lowest BCUT2D eigenvalue weighted by atomic mass is 10.0. The average Bonchev–Trinajstić information content (AvgIpc) is 2.34. The molecule has 0 spiro atoms. The molecule has 0 fully saturated rings. The van der Waals surface area contributed by atoms with Crippen LogP contribution in [0.5, 0.6) is 0 Å². The van der Waals surface area contributed by atoms with Crippen LogP contribution in [0.25, 0.3) is 0 Å². The summed E-state index contributed by atoms with van der Waals surface area (Å²) in [6.45, 7) is 4.30. The molecule has 110 valence electrons. The lowest BCUT2D eigenvalue weighted by molar-refractivity contribution is -0.123. The Morgan fingerprint density at radius 1 is 1.35 bits per heavy atom. The highest BCUT2D eigenvalue weighted by atomic mass is 35.5. The van der Waals surface area contributed by atoms with Gasteiger partial charge in [-0.3, -0.25) is 4.79 Å². The van der Waals surface area contributed by atoms with Crippen molar-refractivity contribution in [3.8, 4) is 0 Å². The van der Waals surface area contributed by atoms with Gasteiger partial charge in [-0.15, -0.1) is 0 Å². The van der Waals surface area contributed by atoms with E-state index in [1.807, 2.05) is 26.0 Å². The van der Waals surface area contributed by atoms with Crippen molar-refractivity contribution in [1.29, 1.82) is 0 Å². The molecule has 0 heterocycles. The number of primary amides is 1. The third kappa shape index (κ3) is 5.93. The van der Waals surface area contributed by atoms with Crippen LogP contribution in [0.4, 0.5) is 4.79 Å². The molecule has 6 heteroatoms. The smallest absolute Gasteiger partial charge is 0.312 e. The highest BCUT2D eigenvalue weighted by molar-refractivity contribution is 6.30. The molecule has 1 atom stereocenters. The lowest BCUT2D eigenvalue weighted by Gasteiger charge is -2.19. The van der Waals surface area contributed by atoms with Crippen molar-refractivity contribution in [3.05, 3.63) is 34.9 Å². The van der Waals surface area contributed by atoms with E-state index in [1.165, 1.54) is 0 Å². The Bertz CT molecular complexity index is 477. The number of hydrogen-bond donors (Lipinski definition) is 3. The molecule has 0 saturated heterocycles. The molecule has 0 saturated carbocycles. The lowest BCUT2D eigenvalue weighted by Crippen LogP contribution is -2.49. The number of rotatable bonds is 6. The van der Waals surface area contributed by atoms with Crippen LogP contribution in [-0.2, 0) is 11.3 Å². The maximum atomic E-state index is 12.1. The fourth-order valence-corrected chi connectivity index (χ4v) is 2.05. The van der Waals surface area contributed by atoms with Crippen molar-refractivity contribution in [1.82, 2.24) is 10.6 Å². The van der Waals surface area contributed by atoms with E-state index >= 15 is 0 Å². The second-order valence-corrected chi connectivity index (χ2v) is 5.47. The van der Waals surface area contributed by atoms with Gasteiger partial charge in [0.15, 0.2) is 0 Å². The molecule has 0 bridgehead atoms. The molecule has 1 rings (SSSR count). The van der Waals surface area contributed by atoms with Crippen molar-refractivity contribution in [3.63, 3.8) is 0 Å². The number of nitrogens with one attached hydrogen (secondary N) is 2. The minimum absolute atomic E-state index is 0.252. The van der Waals surface area contributed by atoms with E-state index in [1.54, 1.807) is 12.1 Å². The number of urea groups is 1. The topological polar surface area (TPSA) is 84.2 Å². The highest BCUT2D eigenvalue weighted by Crippen LogP contribution is 2.10. The van der Waals surface area contributed by atoms with Crippen LogP contribution in [0.1, 0.15) is 25.8 Å². The Morgan fingerprint density at radius 2 is 2.05 bits per heavy atom. The summed E-state index contributed by atoms with van der Waals surface area (Å²) in [7, 11) is 0. The molecule has 4 N–H and O–H groups in total. The van der Waals surface area contributed by atoms with Crippen LogP contribution >= 0.6 is 11.6 Å². The summed E-state index contributed by atoms with van der Waals surface area (Å²) in [5, 5.41) is 5.84. The Balaban J connectivity index is 2.59. The van der Waals surface area contributed by atoms with E-state index in [0.29, 0.717) is 18.0 Å². The van der Waals surface area contributed by atoms with E-state index in [-0.39, 0.29) is 11.8 Å². The van der Waals surface area contributed by atoms with Gasteiger partial charge in [0, 0.05) is 11.6 Å². The zero-order valence-electron chi connectivity index (χ0n) is 11.7. The third-order valence-corrected chi connectivity index (χ3v) is 2.93. The van der Waals surface area contributed by atoms with Gasteiger partial charge in [-0.1, -0.05) is 37.6 Å². The standard InChI is InChI=1S/C14H20ClN3O2/c1-9(2)6-12(18-14(16)20)13(19)17-8-10-4-3-5-11(15)7-10/h3-5,7,9,12H,6,8H2,1-2H3,(H,17,19)(H3,16,18,20). The van der Waals surface area contributed by atoms with Crippen molar-refractivity contribution in [2.45, 2.75) is 32.9 Å². The molecular weight excluding hydrogens is 278 g/mol. The molecule has 20 heavy (non-hydrogen) atoms. The van der Waals surface area contributed by atoms with Crippen LogP contribution in [0.3, 0.4) is 0 Å². The van der Waals surface area contributed by atoms with Crippen molar-refractivity contribution in [2.75, 3.05) is 0 Å². The quantitative estimate of drug-likeness (QED) is 0.750. The number of amides is 3. The minimum atomic E-state index is -0.700. The fraction of sp³-hybridized carbons (Fsp3) is 0.429. The SMILES string of the molecule is CC(C)CC(NC(N)=O)C(=O)NCc1cccc(Cl)c1. The summed E-state index contributed by atoms with van der Waals surface area (Å²) in [5.41, 5.74) is 5.98. The van der Waals surface area contributed by atoms with Crippen LogP contribution < -0.4 is 16.4 Å². The summed E-state index contributed by atoms with van der Waals surface area (Å²) < 4.78 is 0. The zero-order chi connectivity index (χ0) is 15.1. The molecule has 0 radical (unpaired) electrons. The molecule has 1 aromatic carbocycles. The van der Waals surface area contributed by atoms with Crippen molar-refractivity contribution >= 4 is 23.5 Å². The zero-order valence-corrected chi connectivity index (χ0v) is 12.4. The molecule has 3 amide bonds. The van der Waals surface area contributed by atoms with E-state index < -0.39 is 12.1 Å². The predicted octanol–water partition coefficient (Wildman–Crippen LogP) is 2.04. The monoisotopic (exact) mass is 297 g/mol. The second kappa shape index (κ2) is 7.75. The van der Waals surface area contributed by atoms with E-state index in [0.717, 1.165) is 5.56 Å². The van der Waals surface area contributed by atoms with Gasteiger partial charge in [0.1, 0.15) is 6.04 Å². The Hall–Kier alpha value is -1.75. The number of nitrogens with two attached hydrogens (primary N) is 1. The van der Waals surface area contributed by atoms with Gasteiger partial charge in [-0.25, -0.2) is 4.79 Å². The second-order valence-electron chi connectivity index (χ2n) is 5.04. The predicted molar refractivity (Wildman–Crippen MR) is 79.3 cm³/mol. The van der Waals surface area contributed by atoms with E-state index in [4.69, 9.17) is 17.3 Å². The largest absolute Gasteiger partial charge is 0.352 e. The number of hydrogen-bond acceptors (Lipinski definition) is 2. The summed E-state index contributed by atoms with van der Waals surface area (Å²) in [6.07, 6.45) is 0.532. The first-order valence-electron chi connectivity index (χ1n) is 6.46. The first-order valence-corrected chi connectivity index (χ1v) is 6.84. The van der Waals surface area contributed by atoms with Crippen LogP contribution in [0, 0.1) is 5.92 Å². The van der Waals surface area contributed by atoms with E-state index in [9.17, 15) is 9.59 Å². The van der Waals surface area contributed by atoms with Gasteiger partial charge in [0.05, 0.1) is 0 Å². The minimum Gasteiger partial charge on any atom is -0.352 e. The summed E-state index contributed by atoms with van der Waals surface area (Å²) in [4.78, 5) is 23.0. The molecule has 0 aliphatic carbocycles. The molecule has 0 aromatic heterocycles. The average molecular weight is 298 g/mol. The molecule has 5 nitrogen and oxygen atoms in total. The first-order chi connectivity index (χ1) is 9.38. The van der Waals surface area contributed by atoms with Gasteiger partial charge < -0.3 is 16.4 Å². The van der Waals surface area contributed by atoms with Gasteiger partial charge in [-0.05, 0) is 30.0 Å². The van der Waals surface area contributed by atoms with Crippen LogP contribution in [-0.4, -0.2) is 18.0 Å². The molecule has 1 unspecified atom stereocenters. The Morgan fingerprint density at radius 3 is 2.60 bits per heavy atom. The normalized spacial score (nSPS) is 12.0. The molecule has 0 aliphatic rings. The maximum absolute atomic E-state index is 12.1. The number of carbonyl (C=O) groups is 2. The number of benzene rings is 1. The number of halogens is 1. The molecule has 0 aliphatic heterocycles. The summed E-state index contributed by atoms with van der Waals surface area (Å²) >= 11 is 5.87. The first kappa shape index (κ1) is 16.3. The van der Waals surface area contributed by atoms with Crippen LogP contribution in [0.2, 0.25) is 5.02 Å². The third-order valence-electron chi connectivity index (χ3n) is 2.70. The number of carbonyl (C=O) groups excluding carboxylic acids is 2. The Labute approximate surface area is 123 Å². The summed E-state index contributed by atoms with van der Waals surface area (Å²) in [6, 6.07) is 5.91. The Kier molecular flexibility index (Phi) is 6.31. The van der Waals surface area contributed by atoms with Crippen molar-refractivity contribution < 1.29 is 9.59 Å². The highest BCUT2D eigenvalue weighted by Gasteiger charge is 2.20. The molecule has 1 aromatic rings. The van der Waals surface area contributed by atoms with Gasteiger partial charge in [-0.2, -0.15) is 0 Å². The van der Waals surface area contributed by atoms with Crippen LogP contribution in [0.15, 0.2) is 24.3 Å². The van der Waals surface area contributed by atoms with Gasteiger partial charge in [0.2, 0.25) is 5.91 Å².